The Kier molecular flexibility index (Phi) is 10.5. The number of alkyl carbamates (subject to hydrolysis) is 1. The molecule has 0 aliphatic carbocycles. The van der Waals surface area contributed by atoms with E-state index < -0.39 is 35.3 Å². The van der Waals surface area contributed by atoms with Gasteiger partial charge in [0.15, 0.2) is 5.97 Å². The largest absolute Gasteiger partial charge is 1.00 e. The van der Waals surface area contributed by atoms with Crippen molar-refractivity contribution in [2.45, 2.75) is 58.3 Å². The molecular weight excluding hydrogens is 459 g/mol. The maximum absolute atomic E-state index is 12.1. The molecule has 0 saturated heterocycles. The maximum Gasteiger partial charge on any atom is 1.00 e. The van der Waals surface area contributed by atoms with Crippen LogP contribution in [0.1, 0.15) is 40.2 Å². The van der Waals surface area contributed by atoms with Crippen LogP contribution in [0.4, 0.5) is 4.79 Å². The van der Waals surface area contributed by atoms with Crippen molar-refractivity contribution in [3.63, 3.8) is 0 Å². The molecule has 26 heavy (non-hydrogen) atoms. The van der Waals surface area contributed by atoms with Crippen molar-refractivity contribution in [1.82, 2.24) is 5.32 Å². The molecule has 1 rings (SSSR count). The SMILES string of the molecule is CC(C)(C)OC(=O)N[C@@H](Cc1ccccc1)C(C)(C)OC(=O)C(=O)[O-].[Cs+]. The van der Waals surface area contributed by atoms with Gasteiger partial charge in [-0.25, -0.2) is 9.59 Å². The number of benzene rings is 1. The Morgan fingerprint density at radius 2 is 1.58 bits per heavy atom. The minimum Gasteiger partial charge on any atom is -0.539 e. The molecule has 0 aromatic heterocycles. The van der Waals surface area contributed by atoms with Crippen LogP contribution in [0.15, 0.2) is 30.3 Å². The third-order valence-corrected chi connectivity index (χ3v) is 3.34. The summed E-state index contributed by atoms with van der Waals surface area (Å²) in [6.45, 7) is 8.19. The van der Waals surface area contributed by atoms with Crippen LogP contribution < -0.4 is 79.3 Å². The number of esters is 1. The number of carboxylic acid groups (broad SMARTS) is 1. The van der Waals surface area contributed by atoms with E-state index in [-0.39, 0.29) is 68.9 Å². The fourth-order valence-electron chi connectivity index (χ4n) is 2.12. The second-order valence-corrected chi connectivity index (χ2v) is 7.17. The average molecular weight is 483 g/mol. The first-order valence-electron chi connectivity index (χ1n) is 7.88. The molecule has 0 fully saturated rings. The van der Waals surface area contributed by atoms with Crippen LogP contribution in [-0.2, 0) is 25.5 Å². The summed E-state index contributed by atoms with van der Waals surface area (Å²) in [7, 11) is 0. The van der Waals surface area contributed by atoms with E-state index in [1.54, 1.807) is 20.8 Å². The van der Waals surface area contributed by atoms with E-state index in [1.165, 1.54) is 13.8 Å². The molecule has 0 aliphatic rings. The zero-order valence-corrected chi connectivity index (χ0v) is 22.4. The van der Waals surface area contributed by atoms with Crippen molar-refractivity contribution >= 4 is 18.0 Å². The van der Waals surface area contributed by atoms with Gasteiger partial charge in [0.2, 0.25) is 0 Å². The van der Waals surface area contributed by atoms with Gasteiger partial charge in [0.1, 0.15) is 11.2 Å². The second-order valence-electron chi connectivity index (χ2n) is 7.17. The Morgan fingerprint density at radius 3 is 2.04 bits per heavy atom. The smallest absolute Gasteiger partial charge is 0.539 e. The van der Waals surface area contributed by atoms with E-state index in [0.717, 1.165) is 5.56 Å². The molecule has 0 heterocycles. The molecule has 0 saturated carbocycles. The number of amides is 1. The summed E-state index contributed by atoms with van der Waals surface area (Å²) < 4.78 is 10.2. The van der Waals surface area contributed by atoms with Crippen LogP contribution in [0.5, 0.6) is 0 Å². The first-order valence-corrected chi connectivity index (χ1v) is 7.88. The van der Waals surface area contributed by atoms with Gasteiger partial charge in [-0.3, -0.25) is 0 Å². The van der Waals surface area contributed by atoms with Gasteiger partial charge in [0.25, 0.3) is 0 Å². The van der Waals surface area contributed by atoms with Crippen molar-refractivity contribution in [2.24, 2.45) is 0 Å². The van der Waals surface area contributed by atoms with E-state index in [0.29, 0.717) is 6.42 Å². The van der Waals surface area contributed by atoms with E-state index in [4.69, 9.17) is 9.47 Å². The van der Waals surface area contributed by atoms with Crippen LogP contribution in [0.25, 0.3) is 0 Å². The Bertz CT molecular complexity index is 624. The van der Waals surface area contributed by atoms with E-state index in [2.05, 4.69) is 5.32 Å². The summed E-state index contributed by atoms with van der Waals surface area (Å²) in [5.41, 5.74) is -1.13. The first kappa shape index (κ1) is 25.5. The van der Waals surface area contributed by atoms with Crippen molar-refractivity contribution < 1.29 is 97.9 Å². The molecule has 0 unspecified atom stereocenters. The number of rotatable bonds is 5. The van der Waals surface area contributed by atoms with Crippen molar-refractivity contribution in [3.05, 3.63) is 35.9 Å². The van der Waals surface area contributed by atoms with Gasteiger partial charge >= 0.3 is 81.0 Å². The number of carbonyl (C=O) groups excluding carboxylic acids is 3. The van der Waals surface area contributed by atoms with E-state index in [9.17, 15) is 19.5 Å². The molecule has 0 spiro atoms. The normalized spacial score (nSPS) is 12.3. The molecule has 8 heteroatoms. The molecule has 0 bridgehead atoms. The van der Waals surface area contributed by atoms with E-state index in [1.807, 2.05) is 30.3 Å². The monoisotopic (exact) mass is 483 g/mol. The van der Waals surface area contributed by atoms with Gasteiger partial charge in [-0.15, -0.1) is 0 Å². The zero-order chi connectivity index (χ0) is 19.3. The number of carboxylic acids is 1. The topological polar surface area (TPSA) is 105 Å². The van der Waals surface area contributed by atoms with Gasteiger partial charge in [-0.05, 0) is 46.6 Å². The fraction of sp³-hybridized carbons (Fsp3) is 0.500. The fourth-order valence-corrected chi connectivity index (χ4v) is 2.12. The number of hydrogen-bond acceptors (Lipinski definition) is 6. The molecule has 1 aromatic rings. The average Bonchev–Trinajstić information content (AvgIpc) is 2.45. The zero-order valence-electron chi connectivity index (χ0n) is 16.1. The van der Waals surface area contributed by atoms with Crippen LogP contribution in [-0.4, -0.2) is 35.3 Å². The Morgan fingerprint density at radius 1 is 1.04 bits per heavy atom. The summed E-state index contributed by atoms with van der Waals surface area (Å²) in [4.78, 5) is 34.2. The van der Waals surface area contributed by atoms with Crippen LogP contribution in [0.2, 0.25) is 0 Å². The van der Waals surface area contributed by atoms with Gasteiger partial charge in [-0.2, -0.15) is 0 Å². The Balaban J connectivity index is 0.00000625. The summed E-state index contributed by atoms with van der Waals surface area (Å²) in [6, 6.07) is 8.50. The molecule has 7 nitrogen and oxygen atoms in total. The third-order valence-electron chi connectivity index (χ3n) is 3.34. The van der Waals surface area contributed by atoms with Crippen LogP contribution >= 0.6 is 0 Å². The van der Waals surface area contributed by atoms with Gasteiger partial charge in [0, 0.05) is 0 Å². The minimum absolute atomic E-state index is 0. The molecule has 1 atom stereocenters. The Labute approximate surface area is 212 Å². The quantitative estimate of drug-likeness (QED) is 0.392. The maximum atomic E-state index is 12.1. The van der Waals surface area contributed by atoms with Gasteiger partial charge in [-0.1, -0.05) is 30.3 Å². The third kappa shape index (κ3) is 9.43. The van der Waals surface area contributed by atoms with Crippen molar-refractivity contribution in [2.75, 3.05) is 0 Å². The summed E-state index contributed by atoms with van der Waals surface area (Å²) >= 11 is 0. The van der Waals surface area contributed by atoms with Crippen molar-refractivity contribution in [1.29, 1.82) is 0 Å². The van der Waals surface area contributed by atoms with Crippen LogP contribution in [0.3, 0.4) is 0 Å². The predicted octanol–water partition coefficient (Wildman–Crippen LogP) is -1.80. The molecule has 1 amide bonds. The standard InChI is InChI=1S/C18H25NO6.Cs/c1-17(2,3)25-16(23)19-13(11-12-9-7-6-8-10-12)18(4,5)24-15(22)14(20)21;/h6-10,13H,11H2,1-5H3,(H,19,23)(H,20,21);/q;+1/p-1/t13-;/m0./s1. The number of carbonyl (C=O) groups is 3. The molecule has 0 aliphatic heterocycles. The number of aliphatic carboxylic acids is 1. The Hall–Kier alpha value is -0.518. The summed E-state index contributed by atoms with van der Waals surface area (Å²) in [6.07, 6.45) is -0.376. The summed E-state index contributed by atoms with van der Waals surface area (Å²) in [5.74, 6) is -3.43. The van der Waals surface area contributed by atoms with E-state index >= 15 is 0 Å². The van der Waals surface area contributed by atoms with Crippen molar-refractivity contribution in [3.8, 4) is 0 Å². The summed E-state index contributed by atoms with van der Waals surface area (Å²) in [5, 5.41) is 13.3. The minimum atomic E-state index is -1.94. The number of nitrogens with one attached hydrogen (secondary N) is 1. The van der Waals surface area contributed by atoms with Gasteiger partial charge < -0.3 is 24.7 Å². The number of ether oxygens (including phenoxy) is 2. The molecular formula is C18H24CsNO6. The molecule has 138 valence electrons. The number of hydrogen-bond donors (Lipinski definition) is 1. The molecule has 0 radical (unpaired) electrons. The molecule has 1 N–H and O–H groups in total. The first-order chi connectivity index (χ1) is 11.4. The van der Waals surface area contributed by atoms with Gasteiger partial charge in [0.05, 0.1) is 6.04 Å². The van der Waals surface area contributed by atoms with Crippen LogP contribution in [0, 0.1) is 0 Å². The predicted molar refractivity (Wildman–Crippen MR) is 88.5 cm³/mol. The second kappa shape index (κ2) is 10.7. The molecule has 1 aromatic carbocycles.